The first kappa shape index (κ1) is 12.8. The van der Waals surface area contributed by atoms with E-state index in [1.807, 2.05) is 19.1 Å². The van der Waals surface area contributed by atoms with E-state index in [4.69, 9.17) is 20.5 Å². The predicted molar refractivity (Wildman–Crippen MR) is 73.4 cm³/mol. The van der Waals surface area contributed by atoms with Crippen molar-refractivity contribution in [3.63, 3.8) is 0 Å². The summed E-state index contributed by atoms with van der Waals surface area (Å²) in [7, 11) is 1.53. The number of nitriles is 1. The molecule has 0 radical (unpaired) electrons. The summed E-state index contributed by atoms with van der Waals surface area (Å²) in [6, 6.07) is 12.6. The molecule has 19 heavy (non-hydrogen) atoms. The van der Waals surface area contributed by atoms with Gasteiger partial charge in [-0.25, -0.2) is 0 Å². The molecular formula is C15H14N2O2. The molecule has 96 valence electrons. The van der Waals surface area contributed by atoms with E-state index in [9.17, 15) is 0 Å². The molecule has 4 heteroatoms. The quantitative estimate of drug-likeness (QED) is 0.854. The van der Waals surface area contributed by atoms with Gasteiger partial charge >= 0.3 is 0 Å². The van der Waals surface area contributed by atoms with Crippen molar-refractivity contribution >= 4 is 5.69 Å². The second-order valence-corrected chi connectivity index (χ2v) is 4.07. The highest BCUT2D eigenvalue weighted by atomic mass is 16.5. The standard InChI is InChI=1S/C15H14N2O2/c1-10-4-3-5-12(17)15(10)19-13-7-6-11(9-16)8-14(13)18-2/h3-8H,17H2,1-2H3. The van der Waals surface area contributed by atoms with Crippen molar-refractivity contribution in [3.8, 4) is 23.3 Å². The van der Waals surface area contributed by atoms with E-state index in [-0.39, 0.29) is 0 Å². The van der Waals surface area contributed by atoms with Crippen LogP contribution in [0.15, 0.2) is 36.4 Å². The van der Waals surface area contributed by atoms with Crippen molar-refractivity contribution in [2.75, 3.05) is 12.8 Å². The Bertz CT molecular complexity index is 625. The van der Waals surface area contributed by atoms with Crippen LogP contribution in [0.4, 0.5) is 5.69 Å². The highest BCUT2D eigenvalue weighted by molar-refractivity contribution is 5.59. The summed E-state index contributed by atoms with van der Waals surface area (Å²) >= 11 is 0. The molecule has 0 aliphatic carbocycles. The molecule has 2 rings (SSSR count). The van der Waals surface area contributed by atoms with Gasteiger partial charge in [0, 0.05) is 6.07 Å². The smallest absolute Gasteiger partial charge is 0.169 e. The lowest BCUT2D eigenvalue weighted by Gasteiger charge is -2.13. The number of methoxy groups -OCH3 is 1. The van der Waals surface area contributed by atoms with Crippen LogP contribution in [0.25, 0.3) is 0 Å². The maximum atomic E-state index is 8.86. The van der Waals surface area contributed by atoms with Gasteiger partial charge in [0.05, 0.1) is 24.4 Å². The first-order valence-corrected chi connectivity index (χ1v) is 5.76. The number of anilines is 1. The Hall–Kier alpha value is -2.67. The van der Waals surface area contributed by atoms with Gasteiger partial charge in [-0.2, -0.15) is 5.26 Å². The Balaban J connectivity index is 2.41. The summed E-state index contributed by atoms with van der Waals surface area (Å²) in [6.45, 7) is 1.92. The molecule has 2 N–H and O–H groups in total. The zero-order valence-corrected chi connectivity index (χ0v) is 10.8. The van der Waals surface area contributed by atoms with Crippen LogP contribution in [-0.2, 0) is 0 Å². The van der Waals surface area contributed by atoms with Crippen molar-refractivity contribution in [3.05, 3.63) is 47.5 Å². The Morgan fingerprint density at radius 3 is 2.58 bits per heavy atom. The van der Waals surface area contributed by atoms with Gasteiger partial charge in [0.15, 0.2) is 17.2 Å². The molecule has 4 nitrogen and oxygen atoms in total. The number of hydrogen-bond acceptors (Lipinski definition) is 4. The lowest BCUT2D eigenvalue weighted by Crippen LogP contribution is -1.96. The fourth-order valence-electron chi connectivity index (χ4n) is 1.75. The van der Waals surface area contributed by atoms with Crippen LogP contribution in [-0.4, -0.2) is 7.11 Å². The van der Waals surface area contributed by atoms with Crippen LogP contribution in [0.3, 0.4) is 0 Å². The van der Waals surface area contributed by atoms with Gasteiger partial charge in [0.2, 0.25) is 0 Å². The highest BCUT2D eigenvalue weighted by Crippen LogP contribution is 2.36. The number of rotatable bonds is 3. The van der Waals surface area contributed by atoms with Crippen molar-refractivity contribution in [1.29, 1.82) is 5.26 Å². The third-order valence-corrected chi connectivity index (χ3v) is 2.75. The fourth-order valence-corrected chi connectivity index (χ4v) is 1.75. The van der Waals surface area contributed by atoms with E-state index in [0.29, 0.717) is 28.5 Å². The molecule has 0 amide bonds. The SMILES string of the molecule is COc1cc(C#N)ccc1Oc1c(C)cccc1N. The largest absolute Gasteiger partial charge is 0.493 e. The van der Waals surface area contributed by atoms with E-state index in [0.717, 1.165) is 5.56 Å². The van der Waals surface area contributed by atoms with E-state index in [1.165, 1.54) is 7.11 Å². The number of nitrogen functional groups attached to an aromatic ring is 1. The number of ether oxygens (including phenoxy) is 2. The molecule has 0 aliphatic heterocycles. The van der Waals surface area contributed by atoms with Gasteiger partial charge in [0.1, 0.15) is 0 Å². The van der Waals surface area contributed by atoms with Gasteiger partial charge in [0.25, 0.3) is 0 Å². The number of benzene rings is 2. The van der Waals surface area contributed by atoms with Gasteiger partial charge in [-0.15, -0.1) is 0 Å². The summed E-state index contributed by atoms with van der Waals surface area (Å²) in [5.74, 6) is 1.63. The molecule has 0 atom stereocenters. The number of aryl methyl sites for hydroxylation is 1. The van der Waals surface area contributed by atoms with Gasteiger partial charge < -0.3 is 15.2 Å². The molecule has 0 spiro atoms. The Morgan fingerprint density at radius 1 is 1.16 bits per heavy atom. The van der Waals surface area contributed by atoms with E-state index < -0.39 is 0 Å². The third kappa shape index (κ3) is 2.61. The molecule has 2 aromatic carbocycles. The first-order chi connectivity index (χ1) is 9.15. The minimum Gasteiger partial charge on any atom is -0.493 e. The maximum Gasteiger partial charge on any atom is 0.169 e. The summed E-state index contributed by atoms with van der Waals surface area (Å²) in [5, 5.41) is 8.86. The van der Waals surface area contributed by atoms with Crippen LogP contribution in [0, 0.1) is 18.3 Å². The van der Waals surface area contributed by atoms with Crippen molar-refractivity contribution in [1.82, 2.24) is 0 Å². The van der Waals surface area contributed by atoms with Crippen LogP contribution in [0.5, 0.6) is 17.2 Å². The molecule has 0 saturated carbocycles. The Morgan fingerprint density at radius 2 is 1.95 bits per heavy atom. The Labute approximate surface area is 112 Å². The topological polar surface area (TPSA) is 68.3 Å². The van der Waals surface area contributed by atoms with Crippen molar-refractivity contribution < 1.29 is 9.47 Å². The monoisotopic (exact) mass is 254 g/mol. The van der Waals surface area contributed by atoms with Crippen molar-refractivity contribution in [2.45, 2.75) is 6.92 Å². The minimum absolute atomic E-state index is 0.502. The van der Waals surface area contributed by atoms with Crippen molar-refractivity contribution in [2.24, 2.45) is 0 Å². The second kappa shape index (κ2) is 5.32. The maximum absolute atomic E-state index is 8.86. The van der Waals surface area contributed by atoms with Crippen LogP contribution in [0.2, 0.25) is 0 Å². The second-order valence-electron chi connectivity index (χ2n) is 4.07. The zero-order chi connectivity index (χ0) is 13.8. The molecule has 0 heterocycles. The average Bonchev–Trinajstić information content (AvgIpc) is 2.43. The predicted octanol–water partition coefficient (Wildman–Crippen LogP) is 3.25. The van der Waals surface area contributed by atoms with E-state index >= 15 is 0 Å². The summed E-state index contributed by atoms with van der Waals surface area (Å²) in [6.07, 6.45) is 0. The lowest BCUT2D eigenvalue weighted by atomic mass is 10.2. The molecular weight excluding hydrogens is 240 g/mol. The molecule has 0 fully saturated rings. The normalized spacial score (nSPS) is 9.74. The van der Waals surface area contributed by atoms with Crippen LogP contribution >= 0.6 is 0 Å². The van der Waals surface area contributed by atoms with E-state index in [2.05, 4.69) is 6.07 Å². The van der Waals surface area contributed by atoms with Gasteiger partial charge in [-0.1, -0.05) is 12.1 Å². The zero-order valence-electron chi connectivity index (χ0n) is 10.8. The van der Waals surface area contributed by atoms with Gasteiger partial charge in [-0.3, -0.25) is 0 Å². The van der Waals surface area contributed by atoms with Gasteiger partial charge in [-0.05, 0) is 30.7 Å². The van der Waals surface area contributed by atoms with Crippen LogP contribution in [0.1, 0.15) is 11.1 Å². The highest BCUT2D eigenvalue weighted by Gasteiger charge is 2.10. The molecule has 0 bridgehead atoms. The Kier molecular flexibility index (Phi) is 3.58. The third-order valence-electron chi connectivity index (χ3n) is 2.75. The molecule has 0 saturated heterocycles. The minimum atomic E-state index is 0.502. The lowest BCUT2D eigenvalue weighted by molar-refractivity contribution is 0.378. The fraction of sp³-hybridized carbons (Fsp3) is 0.133. The molecule has 2 aromatic rings. The summed E-state index contributed by atoms with van der Waals surface area (Å²) < 4.78 is 11.0. The van der Waals surface area contributed by atoms with Crippen LogP contribution < -0.4 is 15.2 Å². The summed E-state index contributed by atoms with van der Waals surface area (Å²) in [5.41, 5.74) is 7.91. The first-order valence-electron chi connectivity index (χ1n) is 5.76. The summed E-state index contributed by atoms with van der Waals surface area (Å²) in [4.78, 5) is 0. The number of nitrogens with zero attached hydrogens (tertiary/aromatic N) is 1. The molecule has 0 aliphatic rings. The molecule has 0 aromatic heterocycles. The average molecular weight is 254 g/mol. The number of para-hydroxylation sites is 1. The van der Waals surface area contributed by atoms with E-state index in [1.54, 1.807) is 24.3 Å². The molecule has 0 unspecified atom stereocenters. The number of nitrogens with two attached hydrogens (primary N) is 1. The number of hydrogen-bond donors (Lipinski definition) is 1.